The molecule has 0 fully saturated rings. The molecule has 1 aliphatic heterocycles. The normalized spacial score (nSPS) is 18.3. The number of hydrogen-bond donors (Lipinski definition) is 1. The minimum Gasteiger partial charge on any atom is -0.479 e. The first-order valence-electron chi connectivity index (χ1n) is 8.09. The van der Waals surface area contributed by atoms with Gasteiger partial charge in [-0.1, -0.05) is 64.5 Å². The van der Waals surface area contributed by atoms with Crippen LogP contribution in [0.3, 0.4) is 0 Å². The number of fused-ring (bicyclic) bond motifs is 1. The quantitative estimate of drug-likeness (QED) is 0.615. The monoisotopic (exact) mass is 393 g/mol. The highest BCUT2D eigenvalue weighted by Crippen LogP contribution is 2.39. The topological polar surface area (TPSA) is 38.3 Å². The van der Waals surface area contributed by atoms with Crippen LogP contribution in [0, 0.1) is 0 Å². The number of benzene rings is 3. The standard InChI is InChI=1S/C21H16BrNO2/c22-15-12-10-14(11-13-15)20(24)21-19(23-16-6-2-1-3-7-16)17-8-4-5-9-18(17)25-21/h1-13,19,21,23H. The second-order valence-electron chi connectivity index (χ2n) is 5.94. The molecule has 0 saturated carbocycles. The number of nitrogens with one attached hydrogen (secondary N) is 1. The van der Waals surface area contributed by atoms with Crippen LogP contribution in [-0.2, 0) is 0 Å². The fourth-order valence-corrected chi connectivity index (χ4v) is 3.33. The van der Waals surface area contributed by atoms with Gasteiger partial charge in [0.15, 0.2) is 6.10 Å². The van der Waals surface area contributed by atoms with E-state index in [0.29, 0.717) is 5.56 Å². The zero-order chi connectivity index (χ0) is 17.2. The summed E-state index contributed by atoms with van der Waals surface area (Å²) in [5.41, 5.74) is 2.60. The van der Waals surface area contributed by atoms with E-state index in [2.05, 4.69) is 21.2 Å². The van der Waals surface area contributed by atoms with Crippen molar-refractivity contribution in [1.29, 1.82) is 0 Å². The Kier molecular flexibility index (Phi) is 4.28. The van der Waals surface area contributed by atoms with Crippen LogP contribution in [0.4, 0.5) is 5.69 Å². The van der Waals surface area contributed by atoms with Gasteiger partial charge < -0.3 is 10.1 Å². The van der Waals surface area contributed by atoms with Crippen molar-refractivity contribution in [1.82, 2.24) is 0 Å². The predicted molar refractivity (Wildman–Crippen MR) is 102 cm³/mol. The van der Waals surface area contributed by atoms with Crippen LogP contribution in [0.1, 0.15) is 22.0 Å². The SMILES string of the molecule is O=C(c1ccc(Br)cc1)C1Oc2ccccc2C1Nc1ccccc1. The largest absolute Gasteiger partial charge is 0.479 e. The van der Waals surface area contributed by atoms with Crippen LogP contribution in [0.15, 0.2) is 83.3 Å². The van der Waals surface area contributed by atoms with E-state index < -0.39 is 6.10 Å². The molecule has 0 bridgehead atoms. The fourth-order valence-electron chi connectivity index (χ4n) is 3.06. The molecule has 2 unspecified atom stereocenters. The summed E-state index contributed by atoms with van der Waals surface area (Å²) in [6.07, 6.45) is -0.598. The van der Waals surface area contributed by atoms with Gasteiger partial charge in [-0.05, 0) is 30.3 Å². The van der Waals surface area contributed by atoms with Crippen molar-refractivity contribution in [3.05, 3.63) is 94.5 Å². The van der Waals surface area contributed by atoms with Crippen molar-refractivity contribution < 1.29 is 9.53 Å². The molecule has 3 aromatic rings. The van der Waals surface area contributed by atoms with Crippen molar-refractivity contribution in [2.24, 2.45) is 0 Å². The van der Waals surface area contributed by atoms with Crippen LogP contribution in [-0.4, -0.2) is 11.9 Å². The van der Waals surface area contributed by atoms with Crippen LogP contribution in [0.25, 0.3) is 0 Å². The molecule has 4 rings (SSSR count). The van der Waals surface area contributed by atoms with E-state index >= 15 is 0 Å². The molecule has 4 heteroatoms. The summed E-state index contributed by atoms with van der Waals surface area (Å²) in [4.78, 5) is 13.0. The first-order chi connectivity index (χ1) is 12.2. The third kappa shape index (κ3) is 3.17. The Morgan fingerprint density at radius 2 is 1.56 bits per heavy atom. The van der Waals surface area contributed by atoms with Crippen LogP contribution in [0.5, 0.6) is 5.75 Å². The van der Waals surface area contributed by atoms with Gasteiger partial charge in [0, 0.05) is 21.3 Å². The molecule has 3 nitrogen and oxygen atoms in total. The molecule has 2 atom stereocenters. The van der Waals surface area contributed by atoms with Gasteiger partial charge in [0.1, 0.15) is 5.75 Å². The third-order valence-electron chi connectivity index (χ3n) is 4.29. The molecule has 0 aromatic heterocycles. The highest BCUT2D eigenvalue weighted by Gasteiger charge is 2.39. The Bertz CT molecular complexity index is 893. The number of Topliss-reactive ketones (excluding diaryl/α,β-unsaturated/α-hetero) is 1. The molecule has 0 aliphatic carbocycles. The third-order valence-corrected chi connectivity index (χ3v) is 4.82. The smallest absolute Gasteiger partial charge is 0.205 e. The summed E-state index contributed by atoms with van der Waals surface area (Å²) in [7, 11) is 0. The summed E-state index contributed by atoms with van der Waals surface area (Å²) in [5.74, 6) is 0.725. The van der Waals surface area contributed by atoms with Gasteiger partial charge in [-0.2, -0.15) is 0 Å². The lowest BCUT2D eigenvalue weighted by Crippen LogP contribution is -2.33. The van der Waals surface area contributed by atoms with E-state index in [-0.39, 0.29) is 11.8 Å². The summed E-state index contributed by atoms with van der Waals surface area (Å²) < 4.78 is 6.96. The highest BCUT2D eigenvalue weighted by atomic mass is 79.9. The van der Waals surface area contributed by atoms with Crippen molar-refractivity contribution >= 4 is 27.4 Å². The zero-order valence-electron chi connectivity index (χ0n) is 13.4. The molecule has 0 spiro atoms. The molecule has 3 aromatic carbocycles. The lowest BCUT2D eigenvalue weighted by molar-refractivity contribution is 0.0802. The van der Waals surface area contributed by atoms with Crippen LogP contribution >= 0.6 is 15.9 Å². The molecule has 0 amide bonds. The minimum absolute atomic E-state index is 0.0304. The van der Waals surface area contributed by atoms with Crippen LogP contribution in [0.2, 0.25) is 0 Å². The second kappa shape index (κ2) is 6.73. The summed E-state index contributed by atoms with van der Waals surface area (Å²) >= 11 is 3.40. The minimum atomic E-state index is -0.598. The Morgan fingerprint density at radius 1 is 0.880 bits per heavy atom. The van der Waals surface area contributed by atoms with Gasteiger partial charge in [-0.3, -0.25) is 4.79 Å². The van der Waals surface area contributed by atoms with E-state index in [1.54, 1.807) is 0 Å². The second-order valence-corrected chi connectivity index (χ2v) is 6.85. The van der Waals surface area contributed by atoms with E-state index in [0.717, 1.165) is 21.5 Å². The summed E-state index contributed by atoms with van der Waals surface area (Å²) in [6, 6.07) is 24.8. The van der Waals surface area contributed by atoms with E-state index in [1.165, 1.54) is 0 Å². The van der Waals surface area contributed by atoms with Gasteiger partial charge >= 0.3 is 0 Å². The number of rotatable bonds is 4. The summed E-state index contributed by atoms with van der Waals surface area (Å²) in [6.45, 7) is 0. The molecule has 25 heavy (non-hydrogen) atoms. The average molecular weight is 394 g/mol. The molecule has 124 valence electrons. The van der Waals surface area contributed by atoms with Crippen molar-refractivity contribution in [3.8, 4) is 5.75 Å². The number of carbonyl (C=O) groups excluding carboxylic acids is 1. The summed E-state index contributed by atoms with van der Waals surface area (Å²) in [5, 5.41) is 3.45. The van der Waals surface area contributed by atoms with Gasteiger partial charge in [0.25, 0.3) is 0 Å². The van der Waals surface area contributed by atoms with E-state index in [4.69, 9.17) is 4.74 Å². The molecule has 0 radical (unpaired) electrons. The number of halogens is 1. The first kappa shape index (κ1) is 15.9. The van der Waals surface area contributed by atoms with Gasteiger partial charge in [-0.15, -0.1) is 0 Å². The van der Waals surface area contributed by atoms with Gasteiger partial charge in [-0.25, -0.2) is 0 Å². The molecular formula is C21H16BrNO2. The Morgan fingerprint density at radius 3 is 2.32 bits per heavy atom. The fraction of sp³-hybridized carbons (Fsp3) is 0.0952. The molecule has 1 N–H and O–H groups in total. The number of para-hydroxylation sites is 2. The van der Waals surface area contributed by atoms with Gasteiger partial charge in [0.05, 0.1) is 6.04 Å². The molecule has 1 heterocycles. The van der Waals surface area contributed by atoms with Crippen LogP contribution < -0.4 is 10.1 Å². The average Bonchev–Trinajstić information content (AvgIpc) is 3.01. The lowest BCUT2D eigenvalue weighted by Gasteiger charge is -2.20. The number of anilines is 1. The van der Waals surface area contributed by atoms with Crippen molar-refractivity contribution in [2.75, 3.05) is 5.32 Å². The maximum absolute atomic E-state index is 13.0. The number of carbonyl (C=O) groups is 1. The lowest BCUT2D eigenvalue weighted by atomic mass is 9.96. The Balaban J connectivity index is 1.68. The number of ether oxygens (including phenoxy) is 1. The van der Waals surface area contributed by atoms with E-state index in [1.807, 2.05) is 78.9 Å². The molecule has 0 saturated heterocycles. The predicted octanol–water partition coefficient (Wildman–Crippen LogP) is 5.25. The zero-order valence-corrected chi connectivity index (χ0v) is 14.9. The highest BCUT2D eigenvalue weighted by molar-refractivity contribution is 9.10. The van der Waals surface area contributed by atoms with Gasteiger partial charge in [0.2, 0.25) is 5.78 Å². The maximum Gasteiger partial charge on any atom is 0.205 e. The van der Waals surface area contributed by atoms with Crippen molar-refractivity contribution in [3.63, 3.8) is 0 Å². The van der Waals surface area contributed by atoms with E-state index in [9.17, 15) is 4.79 Å². The number of ketones is 1. The molecular weight excluding hydrogens is 378 g/mol. The molecule has 1 aliphatic rings. The number of hydrogen-bond acceptors (Lipinski definition) is 3. The maximum atomic E-state index is 13.0. The Hall–Kier alpha value is -2.59. The Labute approximate surface area is 154 Å². The first-order valence-corrected chi connectivity index (χ1v) is 8.88. The van der Waals surface area contributed by atoms with Crippen molar-refractivity contribution in [2.45, 2.75) is 12.1 Å².